The van der Waals surface area contributed by atoms with Crippen LogP contribution >= 0.6 is 12.6 Å². The minimum atomic E-state index is 0.734. The summed E-state index contributed by atoms with van der Waals surface area (Å²) in [7, 11) is 0. The highest BCUT2D eigenvalue weighted by Crippen LogP contribution is 2.05. The van der Waals surface area contributed by atoms with Crippen LogP contribution in [-0.4, -0.2) is 5.75 Å². The molecule has 42 valence electrons. The van der Waals surface area contributed by atoms with Crippen molar-refractivity contribution in [3.63, 3.8) is 0 Å². The molecule has 0 spiro atoms. The normalized spacial score (nSPS) is 14.1. The number of hydrogen-bond acceptors (Lipinski definition) is 0. The van der Waals surface area contributed by atoms with E-state index in [1.165, 1.54) is 0 Å². The van der Waals surface area contributed by atoms with E-state index in [0.29, 0.717) is 0 Å². The van der Waals surface area contributed by atoms with Gasteiger partial charge in [-0.3, -0.25) is 0 Å². The van der Waals surface area contributed by atoms with Crippen molar-refractivity contribution in [2.45, 2.75) is 19.8 Å². The summed E-state index contributed by atoms with van der Waals surface area (Å²) in [6, 6.07) is 0. The topological polar surface area (TPSA) is 0 Å². The zero-order valence-corrected chi connectivity index (χ0v) is 5.63. The summed E-state index contributed by atoms with van der Waals surface area (Å²) in [6.45, 7) is 5.94. The summed E-state index contributed by atoms with van der Waals surface area (Å²) in [4.78, 5) is 0. The van der Waals surface area contributed by atoms with Crippen LogP contribution in [-0.2, 0) is 0 Å². The lowest BCUT2D eigenvalue weighted by molar-refractivity contribution is 0.576. The molecule has 0 nitrogen and oxygen atoms in total. The number of hydrogen-bond donors (Lipinski definition) is 0. The quantitative estimate of drug-likeness (QED) is 0.531. The van der Waals surface area contributed by atoms with Gasteiger partial charge in [-0.15, -0.1) is 0 Å². The van der Waals surface area contributed by atoms with E-state index < -0.39 is 0 Å². The highest BCUT2D eigenvalue weighted by molar-refractivity contribution is 7.80. The standard InChI is InChI=1S/C6H12S/c1-3-6(2)4-5-7/h6H,1,3-5H2,2H3. The van der Waals surface area contributed by atoms with E-state index in [0.717, 1.165) is 24.5 Å². The minimum Gasteiger partial charge on any atom is -0.0941 e. The summed E-state index contributed by atoms with van der Waals surface area (Å²) < 4.78 is 0. The van der Waals surface area contributed by atoms with Gasteiger partial charge in [0, 0.05) is 5.75 Å². The third-order valence-electron chi connectivity index (χ3n) is 1.10. The van der Waals surface area contributed by atoms with Crippen molar-refractivity contribution < 1.29 is 0 Å². The number of rotatable bonds is 3. The molecule has 0 aromatic carbocycles. The highest BCUT2D eigenvalue weighted by Gasteiger charge is 1.93. The Labute approximate surface area is 51.7 Å². The Morgan fingerprint density at radius 3 is 2.43 bits per heavy atom. The molecule has 0 saturated carbocycles. The maximum Gasteiger partial charge on any atom is 0.00394 e. The fourth-order valence-corrected chi connectivity index (χ4v) is 0.748. The van der Waals surface area contributed by atoms with Gasteiger partial charge in [-0.05, 0) is 12.3 Å². The van der Waals surface area contributed by atoms with Crippen LogP contribution in [0.3, 0.4) is 0 Å². The van der Waals surface area contributed by atoms with Crippen molar-refractivity contribution in [1.82, 2.24) is 0 Å². The molecule has 1 heteroatoms. The third-order valence-corrected chi connectivity index (χ3v) is 1.34. The first-order valence-electron chi connectivity index (χ1n) is 2.68. The van der Waals surface area contributed by atoms with Crippen LogP contribution in [0.1, 0.15) is 19.8 Å². The second-order valence-corrected chi connectivity index (χ2v) is 2.29. The van der Waals surface area contributed by atoms with Crippen molar-refractivity contribution in [2.24, 2.45) is 5.92 Å². The average Bonchev–Trinajstić information content (AvgIpc) is 1.68. The van der Waals surface area contributed by atoms with Gasteiger partial charge in [0.25, 0.3) is 0 Å². The first kappa shape index (κ1) is 7.35. The molecular formula is C6H12S. The molecule has 0 bridgehead atoms. The van der Waals surface area contributed by atoms with Gasteiger partial charge in [-0.25, -0.2) is 0 Å². The first-order chi connectivity index (χ1) is 3.31. The largest absolute Gasteiger partial charge is 0.0941 e. The van der Waals surface area contributed by atoms with Gasteiger partial charge in [0.15, 0.2) is 0 Å². The van der Waals surface area contributed by atoms with Crippen LogP contribution in [0.2, 0.25) is 0 Å². The molecule has 7 heavy (non-hydrogen) atoms. The maximum atomic E-state index is 4.77. The molecule has 1 atom stereocenters. The zero-order valence-electron chi connectivity index (χ0n) is 4.81. The van der Waals surface area contributed by atoms with E-state index in [4.69, 9.17) is 12.6 Å². The van der Waals surface area contributed by atoms with Crippen molar-refractivity contribution in [3.8, 4) is 0 Å². The second kappa shape index (κ2) is 4.51. The Kier molecular flexibility index (Phi) is 4.73. The fraction of sp³-hybridized carbons (Fsp3) is 0.833. The van der Waals surface area contributed by atoms with Crippen LogP contribution in [0.25, 0.3) is 0 Å². The molecule has 0 aliphatic rings. The molecule has 0 saturated heterocycles. The second-order valence-electron chi connectivity index (χ2n) is 1.89. The van der Waals surface area contributed by atoms with Gasteiger partial charge >= 0.3 is 0 Å². The van der Waals surface area contributed by atoms with Gasteiger partial charge in [-0.1, -0.05) is 32.9 Å². The van der Waals surface area contributed by atoms with Gasteiger partial charge < -0.3 is 0 Å². The Morgan fingerprint density at radius 2 is 2.29 bits per heavy atom. The zero-order chi connectivity index (χ0) is 5.70. The van der Waals surface area contributed by atoms with Crippen LogP contribution in [0, 0.1) is 12.8 Å². The van der Waals surface area contributed by atoms with Crippen LogP contribution in [0.5, 0.6) is 0 Å². The lowest BCUT2D eigenvalue weighted by Crippen LogP contribution is -1.91. The molecule has 0 amide bonds. The van der Waals surface area contributed by atoms with Gasteiger partial charge in [0.2, 0.25) is 0 Å². The highest BCUT2D eigenvalue weighted by atomic mass is 32.1. The predicted molar refractivity (Wildman–Crippen MR) is 36.2 cm³/mol. The van der Waals surface area contributed by atoms with E-state index in [2.05, 4.69) is 13.8 Å². The van der Waals surface area contributed by atoms with E-state index in [-0.39, 0.29) is 0 Å². The van der Waals surface area contributed by atoms with Crippen LogP contribution in [0.4, 0.5) is 0 Å². The van der Waals surface area contributed by atoms with E-state index in [1.807, 2.05) is 0 Å². The summed E-state index contributed by atoms with van der Waals surface area (Å²) in [6.07, 6.45) is 2.18. The Bertz CT molecular complexity index is 35.2. The Morgan fingerprint density at radius 1 is 1.71 bits per heavy atom. The van der Waals surface area contributed by atoms with E-state index in [1.54, 1.807) is 0 Å². The van der Waals surface area contributed by atoms with Gasteiger partial charge in [-0.2, -0.15) is 0 Å². The van der Waals surface area contributed by atoms with Crippen LogP contribution in [0.15, 0.2) is 0 Å². The molecule has 2 radical (unpaired) electrons. The van der Waals surface area contributed by atoms with Crippen molar-refractivity contribution in [1.29, 1.82) is 0 Å². The van der Waals surface area contributed by atoms with Gasteiger partial charge in [0.05, 0.1) is 0 Å². The summed E-state index contributed by atoms with van der Waals surface area (Å²) in [5.74, 6) is 1.62. The van der Waals surface area contributed by atoms with Crippen molar-refractivity contribution in [3.05, 3.63) is 6.92 Å². The predicted octanol–water partition coefficient (Wildman–Crippen LogP) is 2.43. The lowest BCUT2D eigenvalue weighted by atomic mass is 10.1. The molecule has 0 aromatic heterocycles. The SMILES string of the molecule is [CH2]CC(C)CC[S]. The van der Waals surface area contributed by atoms with Crippen molar-refractivity contribution >= 4 is 12.6 Å². The molecule has 0 aliphatic heterocycles. The Balaban J connectivity index is 2.83. The molecule has 0 rings (SSSR count). The lowest BCUT2D eigenvalue weighted by Gasteiger charge is -2.01. The third kappa shape index (κ3) is 4.20. The first-order valence-corrected chi connectivity index (χ1v) is 3.26. The van der Waals surface area contributed by atoms with E-state index in [9.17, 15) is 0 Å². The molecule has 0 N–H and O–H groups in total. The minimum absolute atomic E-state index is 0.734. The van der Waals surface area contributed by atoms with Crippen molar-refractivity contribution in [2.75, 3.05) is 5.75 Å². The smallest absolute Gasteiger partial charge is 0.00394 e. The molecule has 0 heterocycles. The maximum absolute atomic E-state index is 4.77. The molecule has 0 aromatic rings. The molecule has 0 fully saturated rings. The van der Waals surface area contributed by atoms with E-state index >= 15 is 0 Å². The monoisotopic (exact) mass is 116 g/mol. The molecule has 1 unspecified atom stereocenters. The summed E-state index contributed by atoms with van der Waals surface area (Å²) in [5.41, 5.74) is 0. The van der Waals surface area contributed by atoms with Gasteiger partial charge in [0.1, 0.15) is 0 Å². The summed E-state index contributed by atoms with van der Waals surface area (Å²) >= 11 is 4.77. The molecular weight excluding hydrogens is 104 g/mol. The summed E-state index contributed by atoms with van der Waals surface area (Å²) in [5, 5.41) is 0. The molecule has 0 aliphatic carbocycles. The Hall–Kier alpha value is 0.350. The average molecular weight is 116 g/mol. The van der Waals surface area contributed by atoms with Crippen LogP contribution < -0.4 is 0 Å². The fourth-order valence-electron chi connectivity index (χ4n) is 0.346.